The molecular weight excluding hydrogens is 426 g/mol. The fourth-order valence-corrected chi connectivity index (χ4v) is 3.90. The summed E-state index contributed by atoms with van der Waals surface area (Å²) in [7, 11) is 0. The molecule has 1 unspecified atom stereocenters. The topological polar surface area (TPSA) is 76.8 Å². The van der Waals surface area contributed by atoms with Crippen LogP contribution in [0.1, 0.15) is 54.3 Å². The van der Waals surface area contributed by atoms with Gasteiger partial charge in [-0.05, 0) is 36.4 Å². The average Bonchev–Trinajstić information content (AvgIpc) is 3.35. The van der Waals surface area contributed by atoms with Gasteiger partial charge < -0.3 is 9.15 Å². The molecule has 0 aliphatic carbocycles. The van der Waals surface area contributed by atoms with Gasteiger partial charge in [-0.1, -0.05) is 34.1 Å². The van der Waals surface area contributed by atoms with Crippen LogP contribution in [-0.4, -0.2) is 22.7 Å². The molecule has 28 heavy (non-hydrogen) atoms. The molecule has 0 saturated heterocycles. The Hall–Kier alpha value is -3.19. The third-order valence-corrected chi connectivity index (χ3v) is 5.37. The Morgan fingerprint density at radius 3 is 2.32 bits per heavy atom. The van der Waals surface area contributed by atoms with Gasteiger partial charge in [0, 0.05) is 10.0 Å². The molecule has 2 amide bonds. The summed E-state index contributed by atoms with van der Waals surface area (Å²) in [5.41, 5.74) is 1.99. The molecule has 0 bridgehead atoms. The number of imide groups is 1. The number of nitrogens with zero attached hydrogens (tertiary/aromatic N) is 1. The molecule has 0 saturated carbocycles. The van der Waals surface area contributed by atoms with E-state index >= 15 is 0 Å². The number of esters is 1. The highest BCUT2D eigenvalue weighted by Gasteiger charge is 2.37. The normalized spacial score (nSPS) is 17.7. The van der Waals surface area contributed by atoms with Crippen molar-refractivity contribution in [2.75, 3.05) is 0 Å². The predicted octanol–water partition coefficient (Wildman–Crippen LogP) is 4.10. The molecule has 0 N–H and O–H groups in total. The zero-order chi connectivity index (χ0) is 19.4. The predicted molar refractivity (Wildman–Crippen MR) is 101 cm³/mol. The summed E-state index contributed by atoms with van der Waals surface area (Å²) >= 11 is 3.34. The minimum absolute atomic E-state index is 0.0141. The first-order chi connectivity index (χ1) is 13.5. The quantitative estimate of drug-likeness (QED) is 0.455. The first-order valence-corrected chi connectivity index (χ1v) is 9.36. The number of amides is 2. The first kappa shape index (κ1) is 16.9. The van der Waals surface area contributed by atoms with Gasteiger partial charge in [0.15, 0.2) is 6.10 Å². The Balaban J connectivity index is 1.41. The standard InChI is InChI=1S/C21H12BrNO5/c22-11-5-7-13-16(9-11)21(26)28-18(13)17-8-6-12(27-17)10-23-19(24)14-3-1-2-4-15(14)20(23)25/h1-9,18H,10H2. The maximum atomic E-state index is 12.5. The van der Waals surface area contributed by atoms with Gasteiger partial charge in [-0.25, -0.2) is 4.79 Å². The van der Waals surface area contributed by atoms with Crippen molar-refractivity contribution in [1.29, 1.82) is 0 Å². The van der Waals surface area contributed by atoms with Crippen molar-refractivity contribution >= 4 is 33.7 Å². The number of carbonyl (C=O) groups is 3. The third-order valence-electron chi connectivity index (χ3n) is 4.88. The molecular formula is C21H12BrNO5. The number of hydrogen-bond acceptors (Lipinski definition) is 5. The Morgan fingerprint density at radius 2 is 1.61 bits per heavy atom. The van der Waals surface area contributed by atoms with Crippen molar-refractivity contribution in [2.45, 2.75) is 12.6 Å². The van der Waals surface area contributed by atoms with Crippen LogP contribution in [0.5, 0.6) is 0 Å². The Morgan fingerprint density at radius 1 is 0.893 bits per heavy atom. The molecule has 2 aliphatic heterocycles. The monoisotopic (exact) mass is 437 g/mol. The number of fused-ring (bicyclic) bond motifs is 2. The van der Waals surface area contributed by atoms with E-state index in [1.807, 2.05) is 6.07 Å². The Kier molecular flexibility index (Phi) is 3.73. The maximum absolute atomic E-state index is 12.5. The second-order valence-corrected chi connectivity index (χ2v) is 7.48. The van der Waals surface area contributed by atoms with E-state index in [-0.39, 0.29) is 18.4 Å². The molecule has 138 valence electrons. The van der Waals surface area contributed by atoms with E-state index in [4.69, 9.17) is 9.15 Å². The van der Waals surface area contributed by atoms with Crippen LogP contribution in [0.4, 0.5) is 0 Å². The van der Waals surface area contributed by atoms with E-state index in [1.54, 1.807) is 48.5 Å². The van der Waals surface area contributed by atoms with Gasteiger partial charge in [0.2, 0.25) is 0 Å². The van der Waals surface area contributed by atoms with Gasteiger partial charge in [-0.15, -0.1) is 0 Å². The molecule has 3 heterocycles. The van der Waals surface area contributed by atoms with Crippen LogP contribution in [0.25, 0.3) is 0 Å². The molecule has 3 aromatic rings. The second kappa shape index (κ2) is 6.17. The van der Waals surface area contributed by atoms with E-state index in [0.717, 1.165) is 14.9 Å². The fraction of sp³-hybridized carbons (Fsp3) is 0.0952. The summed E-state index contributed by atoms with van der Waals surface area (Å²) in [5, 5.41) is 0. The van der Waals surface area contributed by atoms with Crippen LogP contribution in [0.15, 0.2) is 63.5 Å². The van der Waals surface area contributed by atoms with Crippen molar-refractivity contribution in [3.63, 3.8) is 0 Å². The lowest BCUT2D eigenvalue weighted by atomic mass is 10.0. The van der Waals surface area contributed by atoms with Crippen molar-refractivity contribution in [1.82, 2.24) is 4.90 Å². The SMILES string of the molecule is O=C1OC(c2ccc(CN3C(=O)c4ccccc4C3=O)o2)c2ccc(Br)cc21. The van der Waals surface area contributed by atoms with E-state index in [1.165, 1.54) is 0 Å². The highest BCUT2D eigenvalue weighted by Crippen LogP contribution is 2.38. The molecule has 6 nitrogen and oxygen atoms in total. The number of hydrogen-bond donors (Lipinski definition) is 0. The molecule has 0 fully saturated rings. The average molecular weight is 438 g/mol. The number of halogens is 1. The summed E-state index contributed by atoms with van der Waals surface area (Å²) in [6.07, 6.45) is -0.647. The summed E-state index contributed by atoms with van der Waals surface area (Å²) in [4.78, 5) is 38.3. The largest absolute Gasteiger partial charge is 0.460 e. The molecule has 2 aliphatic rings. The molecule has 1 atom stereocenters. The minimum atomic E-state index is -0.647. The number of carbonyl (C=O) groups excluding carboxylic acids is 3. The van der Waals surface area contributed by atoms with Crippen molar-refractivity contribution < 1.29 is 23.5 Å². The molecule has 0 spiro atoms. The van der Waals surface area contributed by atoms with Gasteiger partial charge in [0.25, 0.3) is 11.8 Å². The van der Waals surface area contributed by atoms with E-state index in [9.17, 15) is 14.4 Å². The van der Waals surface area contributed by atoms with Crippen LogP contribution < -0.4 is 0 Å². The van der Waals surface area contributed by atoms with Gasteiger partial charge in [-0.2, -0.15) is 0 Å². The molecule has 1 aromatic heterocycles. The Labute approximate surface area is 167 Å². The maximum Gasteiger partial charge on any atom is 0.339 e. The number of ether oxygens (including phenoxy) is 1. The van der Waals surface area contributed by atoms with Crippen molar-refractivity contribution in [2.24, 2.45) is 0 Å². The van der Waals surface area contributed by atoms with Crippen LogP contribution in [0.3, 0.4) is 0 Å². The fourth-order valence-electron chi connectivity index (χ4n) is 3.54. The van der Waals surface area contributed by atoms with E-state index < -0.39 is 12.1 Å². The summed E-state index contributed by atoms with van der Waals surface area (Å²) in [5.74, 6) is -0.228. The summed E-state index contributed by atoms with van der Waals surface area (Å²) < 4.78 is 12.1. The summed E-state index contributed by atoms with van der Waals surface area (Å²) in [6, 6.07) is 15.4. The number of rotatable bonds is 3. The number of furan rings is 1. The van der Waals surface area contributed by atoms with Gasteiger partial charge in [0.05, 0.1) is 23.2 Å². The first-order valence-electron chi connectivity index (χ1n) is 8.57. The number of cyclic esters (lactones) is 1. The van der Waals surface area contributed by atoms with Gasteiger partial charge in [0.1, 0.15) is 11.5 Å². The minimum Gasteiger partial charge on any atom is -0.460 e. The van der Waals surface area contributed by atoms with Crippen LogP contribution >= 0.6 is 15.9 Å². The lowest BCUT2D eigenvalue weighted by molar-refractivity contribution is 0.0418. The highest BCUT2D eigenvalue weighted by atomic mass is 79.9. The van der Waals surface area contributed by atoms with Crippen LogP contribution in [0, 0.1) is 0 Å². The van der Waals surface area contributed by atoms with Crippen molar-refractivity contribution in [3.05, 3.63) is 92.8 Å². The molecule has 7 heteroatoms. The third kappa shape index (κ3) is 2.51. The van der Waals surface area contributed by atoms with Gasteiger partial charge >= 0.3 is 5.97 Å². The van der Waals surface area contributed by atoms with Crippen molar-refractivity contribution in [3.8, 4) is 0 Å². The molecule has 5 rings (SSSR count). The smallest absolute Gasteiger partial charge is 0.339 e. The second-order valence-electron chi connectivity index (χ2n) is 6.56. The lowest BCUT2D eigenvalue weighted by Gasteiger charge is -2.12. The zero-order valence-corrected chi connectivity index (χ0v) is 15.9. The molecule has 2 aromatic carbocycles. The lowest BCUT2D eigenvalue weighted by Crippen LogP contribution is -2.28. The highest BCUT2D eigenvalue weighted by molar-refractivity contribution is 9.10. The van der Waals surface area contributed by atoms with E-state index in [2.05, 4.69) is 15.9 Å². The van der Waals surface area contributed by atoms with Crippen LogP contribution in [-0.2, 0) is 11.3 Å². The van der Waals surface area contributed by atoms with Gasteiger partial charge in [-0.3, -0.25) is 14.5 Å². The van der Waals surface area contributed by atoms with E-state index in [0.29, 0.717) is 28.2 Å². The Bertz CT molecular complexity index is 1130. The number of benzene rings is 2. The zero-order valence-electron chi connectivity index (χ0n) is 14.3. The summed E-state index contributed by atoms with van der Waals surface area (Å²) in [6.45, 7) is 0.0141. The molecule has 0 radical (unpaired) electrons. The van der Waals surface area contributed by atoms with Crippen LogP contribution in [0.2, 0.25) is 0 Å².